The van der Waals surface area contributed by atoms with Crippen molar-refractivity contribution in [3.05, 3.63) is 22.2 Å². The summed E-state index contributed by atoms with van der Waals surface area (Å²) in [4.78, 5) is 23.3. The van der Waals surface area contributed by atoms with E-state index < -0.39 is 43.3 Å². The molecule has 1 aliphatic heterocycles. The molecule has 1 heterocycles. The summed E-state index contributed by atoms with van der Waals surface area (Å²) in [7, 11) is -2.82. The Bertz CT molecular complexity index is 895. The number of nitro benzene ring substituents is 1. The van der Waals surface area contributed by atoms with Gasteiger partial charge in [-0.15, -0.1) is 0 Å². The van der Waals surface area contributed by atoms with Crippen LogP contribution in [0.4, 0.5) is 10.5 Å². The molecule has 0 saturated carbocycles. The molecule has 1 aromatic rings. The third-order valence-corrected chi connectivity index (χ3v) is 5.34. The Hall–Kier alpha value is -2.60. The summed E-state index contributed by atoms with van der Waals surface area (Å²) < 4.78 is 43.7. The standard InChI is InChI=1S/C17H25N3O8S/c1-11(10-19(5)16(21)28-17(2,3)4)18-29(24,25)15-9-14-13(26-6-7-27-14)8-12(15)20(22)23/h8-9,11,18H,6-7,10H2,1-5H3. The Kier molecular flexibility index (Phi) is 6.58. The highest BCUT2D eigenvalue weighted by atomic mass is 32.2. The topological polar surface area (TPSA) is 137 Å². The third kappa shape index (κ3) is 5.94. The number of carbonyl (C=O) groups is 1. The molecule has 11 nitrogen and oxygen atoms in total. The van der Waals surface area contributed by atoms with Gasteiger partial charge in [-0.2, -0.15) is 0 Å². The van der Waals surface area contributed by atoms with E-state index in [1.54, 1.807) is 20.8 Å². The number of hydrogen-bond acceptors (Lipinski definition) is 8. The molecule has 0 aromatic heterocycles. The number of carbonyl (C=O) groups excluding carboxylic acids is 1. The number of ether oxygens (including phenoxy) is 3. The van der Waals surface area contributed by atoms with Crippen molar-refractivity contribution in [2.45, 2.75) is 44.2 Å². The second kappa shape index (κ2) is 8.41. The normalized spacial score (nSPS) is 14.8. The predicted octanol–water partition coefficient (Wildman–Crippen LogP) is 1.90. The first-order valence-corrected chi connectivity index (χ1v) is 10.3. The van der Waals surface area contributed by atoms with Crippen LogP contribution in [0.2, 0.25) is 0 Å². The van der Waals surface area contributed by atoms with Gasteiger partial charge in [0.25, 0.3) is 5.69 Å². The van der Waals surface area contributed by atoms with Crippen molar-refractivity contribution in [3.63, 3.8) is 0 Å². The van der Waals surface area contributed by atoms with Crippen molar-refractivity contribution >= 4 is 21.8 Å². The molecule has 1 unspecified atom stereocenters. The van der Waals surface area contributed by atoms with Gasteiger partial charge in [0.15, 0.2) is 16.4 Å². The molecule has 0 aliphatic carbocycles. The zero-order chi connectivity index (χ0) is 22.0. The molecule has 12 heteroatoms. The maximum absolute atomic E-state index is 12.8. The summed E-state index contributed by atoms with van der Waals surface area (Å²) in [5.74, 6) is 0.223. The van der Waals surface area contributed by atoms with Gasteiger partial charge in [0.05, 0.1) is 11.0 Å². The fourth-order valence-corrected chi connectivity index (χ4v) is 4.01. The Morgan fingerprint density at radius 3 is 2.38 bits per heavy atom. The number of nitrogens with zero attached hydrogens (tertiary/aromatic N) is 2. The molecule has 29 heavy (non-hydrogen) atoms. The van der Waals surface area contributed by atoms with Crippen LogP contribution in [0.1, 0.15) is 27.7 Å². The number of benzene rings is 1. The van der Waals surface area contributed by atoms with Gasteiger partial charge >= 0.3 is 6.09 Å². The van der Waals surface area contributed by atoms with Crippen LogP contribution in [-0.4, -0.2) is 62.8 Å². The number of nitro groups is 1. The SMILES string of the molecule is CC(CN(C)C(=O)OC(C)(C)C)NS(=O)(=O)c1cc2c(cc1[N+](=O)[O-])OCCO2. The van der Waals surface area contributed by atoms with Crippen LogP contribution in [0.3, 0.4) is 0 Å². The van der Waals surface area contributed by atoms with Crippen molar-refractivity contribution in [3.8, 4) is 11.5 Å². The minimum Gasteiger partial charge on any atom is -0.486 e. The van der Waals surface area contributed by atoms with Crippen LogP contribution in [0.5, 0.6) is 11.5 Å². The van der Waals surface area contributed by atoms with Crippen molar-refractivity contribution in [2.75, 3.05) is 26.8 Å². The highest BCUT2D eigenvalue weighted by molar-refractivity contribution is 7.89. The fourth-order valence-electron chi connectivity index (χ4n) is 2.61. The van der Waals surface area contributed by atoms with E-state index in [-0.39, 0.29) is 31.3 Å². The molecular weight excluding hydrogens is 406 g/mol. The Labute approximate surface area is 169 Å². The lowest BCUT2D eigenvalue weighted by Gasteiger charge is -2.26. The second-order valence-electron chi connectivity index (χ2n) is 7.60. The average Bonchev–Trinajstić information content (AvgIpc) is 2.58. The molecule has 1 amide bonds. The number of rotatable bonds is 6. The molecule has 2 rings (SSSR count). The van der Waals surface area contributed by atoms with Crippen LogP contribution in [0.15, 0.2) is 17.0 Å². The van der Waals surface area contributed by atoms with Gasteiger partial charge in [-0.05, 0) is 27.7 Å². The zero-order valence-electron chi connectivity index (χ0n) is 16.9. The van der Waals surface area contributed by atoms with Gasteiger partial charge in [0.2, 0.25) is 10.0 Å². The Balaban J connectivity index is 2.20. The van der Waals surface area contributed by atoms with Crippen molar-refractivity contribution < 1.29 is 32.3 Å². The molecule has 1 aromatic carbocycles. The van der Waals surface area contributed by atoms with Crippen LogP contribution in [0, 0.1) is 10.1 Å². The van der Waals surface area contributed by atoms with Gasteiger partial charge in [-0.3, -0.25) is 10.1 Å². The minimum absolute atomic E-state index is 0.00745. The maximum atomic E-state index is 12.8. The summed E-state index contributed by atoms with van der Waals surface area (Å²) in [6.07, 6.45) is -0.617. The second-order valence-corrected chi connectivity index (χ2v) is 9.29. The van der Waals surface area contributed by atoms with Gasteiger partial charge in [0, 0.05) is 25.7 Å². The van der Waals surface area contributed by atoms with E-state index in [4.69, 9.17) is 14.2 Å². The summed E-state index contributed by atoms with van der Waals surface area (Å²) in [5.41, 5.74) is -1.32. The fraction of sp³-hybridized carbons (Fsp3) is 0.588. The lowest BCUT2D eigenvalue weighted by molar-refractivity contribution is -0.388. The number of fused-ring (bicyclic) bond motifs is 1. The Morgan fingerprint density at radius 1 is 1.31 bits per heavy atom. The van der Waals surface area contributed by atoms with E-state index in [0.29, 0.717) is 0 Å². The molecular formula is C17H25N3O8S. The first-order chi connectivity index (χ1) is 13.3. The van der Waals surface area contributed by atoms with Crippen LogP contribution in [0.25, 0.3) is 0 Å². The number of likely N-dealkylation sites (N-methyl/N-ethyl adjacent to an activating group) is 1. The van der Waals surface area contributed by atoms with Gasteiger partial charge in [-0.1, -0.05) is 0 Å². The molecule has 162 valence electrons. The molecule has 0 saturated heterocycles. The van der Waals surface area contributed by atoms with Crippen LogP contribution < -0.4 is 14.2 Å². The number of amides is 1. The van der Waals surface area contributed by atoms with Gasteiger partial charge < -0.3 is 19.1 Å². The first kappa shape index (κ1) is 22.7. The highest BCUT2D eigenvalue weighted by Gasteiger charge is 2.32. The summed E-state index contributed by atoms with van der Waals surface area (Å²) in [5, 5.41) is 11.4. The largest absolute Gasteiger partial charge is 0.486 e. The first-order valence-electron chi connectivity index (χ1n) is 8.84. The molecule has 0 fully saturated rings. The van der Waals surface area contributed by atoms with E-state index in [0.717, 1.165) is 12.1 Å². The minimum atomic E-state index is -4.28. The van der Waals surface area contributed by atoms with Crippen molar-refractivity contribution in [1.29, 1.82) is 0 Å². The highest BCUT2D eigenvalue weighted by Crippen LogP contribution is 2.38. The summed E-state index contributed by atoms with van der Waals surface area (Å²) in [6.45, 7) is 7.08. The summed E-state index contributed by atoms with van der Waals surface area (Å²) in [6, 6.07) is 1.35. The number of hydrogen-bond donors (Lipinski definition) is 1. The van der Waals surface area contributed by atoms with Gasteiger partial charge in [-0.25, -0.2) is 17.9 Å². The van der Waals surface area contributed by atoms with E-state index in [9.17, 15) is 23.3 Å². The van der Waals surface area contributed by atoms with E-state index in [1.165, 1.54) is 18.9 Å². The molecule has 1 N–H and O–H groups in total. The van der Waals surface area contributed by atoms with E-state index in [1.807, 2.05) is 0 Å². The van der Waals surface area contributed by atoms with E-state index in [2.05, 4.69) is 4.72 Å². The number of nitrogens with one attached hydrogen (secondary N) is 1. The third-order valence-electron chi connectivity index (χ3n) is 3.72. The average molecular weight is 431 g/mol. The maximum Gasteiger partial charge on any atom is 0.410 e. The zero-order valence-corrected chi connectivity index (χ0v) is 17.7. The van der Waals surface area contributed by atoms with Crippen LogP contribution >= 0.6 is 0 Å². The van der Waals surface area contributed by atoms with E-state index >= 15 is 0 Å². The molecule has 1 atom stereocenters. The molecule has 0 bridgehead atoms. The summed E-state index contributed by atoms with van der Waals surface area (Å²) >= 11 is 0. The smallest absolute Gasteiger partial charge is 0.410 e. The molecule has 1 aliphatic rings. The monoisotopic (exact) mass is 431 g/mol. The predicted molar refractivity (Wildman–Crippen MR) is 103 cm³/mol. The Morgan fingerprint density at radius 2 is 1.86 bits per heavy atom. The van der Waals surface area contributed by atoms with Gasteiger partial charge in [0.1, 0.15) is 18.8 Å². The molecule has 0 spiro atoms. The van der Waals surface area contributed by atoms with Crippen LogP contribution in [-0.2, 0) is 14.8 Å². The van der Waals surface area contributed by atoms with Crippen molar-refractivity contribution in [1.82, 2.24) is 9.62 Å². The lowest BCUT2D eigenvalue weighted by Crippen LogP contribution is -2.44. The molecule has 0 radical (unpaired) electrons. The number of sulfonamides is 1. The van der Waals surface area contributed by atoms with Crippen molar-refractivity contribution in [2.24, 2.45) is 0 Å². The lowest BCUT2D eigenvalue weighted by atomic mass is 10.2. The quantitative estimate of drug-likeness (QED) is 0.532.